The van der Waals surface area contributed by atoms with Crippen molar-refractivity contribution < 1.29 is 19.8 Å². The molecule has 0 aliphatic rings. The lowest BCUT2D eigenvalue weighted by atomic mass is 10.3. The van der Waals surface area contributed by atoms with Crippen LogP contribution in [0.2, 0.25) is 0 Å². The number of aliphatic carboxylic acids is 1. The predicted octanol–water partition coefficient (Wildman–Crippen LogP) is 1.26. The minimum atomic E-state index is -1.28. The molecule has 0 saturated heterocycles. The van der Waals surface area contributed by atoms with Gasteiger partial charge in [-0.3, -0.25) is 9.69 Å². The van der Waals surface area contributed by atoms with Crippen molar-refractivity contribution in [2.24, 2.45) is 0 Å². The highest BCUT2D eigenvalue weighted by Crippen LogP contribution is 2.12. The fourth-order valence-corrected chi connectivity index (χ4v) is 1.01. The van der Waals surface area contributed by atoms with Gasteiger partial charge in [0.25, 0.3) is 0 Å². The van der Waals surface area contributed by atoms with Gasteiger partial charge >= 0.3 is 12.1 Å². The van der Waals surface area contributed by atoms with Crippen LogP contribution in [0.4, 0.5) is 10.5 Å². The van der Waals surface area contributed by atoms with Gasteiger partial charge in [-0.15, -0.1) is 0 Å². The van der Waals surface area contributed by atoms with Gasteiger partial charge in [0.2, 0.25) is 0 Å². The standard InChI is InChI=1S/C9H9NO4/c11-8(12)6-10(9(13)14)7-4-2-1-3-5-7/h1-5H,6H2,(H,11,12)(H,13,14). The lowest BCUT2D eigenvalue weighted by Crippen LogP contribution is -2.34. The SMILES string of the molecule is O=C(O)CN(C(=O)O)c1ccccc1. The summed E-state index contributed by atoms with van der Waals surface area (Å²) in [4.78, 5) is 21.8. The van der Waals surface area contributed by atoms with Crippen molar-refractivity contribution in [1.29, 1.82) is 0 Å². The van der Waals surface area contributed by atoms with E-state index >= 15 is 0 Å². The Kier molecular flexibility index (Phi) is 3.06. The summed E-state index contributed by atoms with van der Waals surface area (Å²) >= 11 is 0. The molecule has 74 valence electrons. The highest BCUT2D eigenvalue weighted by Gasteiger charge is 2.16. The number of anilines is 1. The van der Waals surface area contributed by atoms with Gasteiger partial charge in [-0.05, 0) is 12.1 Å². The van der Waals surface area contributed by atoms with Crippen LogP contribution in [0.5, 0.6) is 0 Å². The van der Waals surface area contributed by atoms with Crippen molar-refractivity contribution >= 4 is 17.7 Å². The molecule has 0 spiro atoms. The Bertz CT molecular complexity index is 336. The summed E-state index contributed by atoms with van der Waals surface area (Å²) < 4.78 is 0. The van der Waals surface area contributed by atoms with Crippen LogP contribution in [-0.2, 0) is 4.79 Å². The van der Waals surface area contributed by atoms with Crippen LogP contribution in [-0.4, -0.2) is 28.8 Å². The Balaban J connectivity index is 2.89. The van der Waals surface area contributed by atoms with Gasteiger partial charge in [0.1, 0.15) is 6.54 Å². The van der Waals surface area contributed by atoms with Crippen molar-refractivity contribution in [1.82, 2.24) is 0 Å². The number of rotatable bonds is 3. The average molecular weight is 195 g/mol. The first-order valence-corrected chi connectivity index (χ1v) is 3.88. The molecule has 14 heavy (non-hydrogen) atoms. The number of amides is 1. The third kappa shape index (κ3) is 2.48. The summed E-state index contributed by atoms with van der Waals surface area (Å²) in [5.41, 5.74) is 0.349. The highest BCUT2D eigenvalue weighted by atomic mass is 16.4. The third-order valence-corrected chi connectivity index (χ3v) is 1.59. The van der Waals surface area contributed by atoms with Gasteiger partial charge in [-0.1, -0.05) is 18.2 Å². The molecule has 0 radical (unpaired) electrons. The molecule has 0 fully saturated rings. The smallest absolute Gasteiger partial charge is 0.412 e. The number of carboxylic acids is 1. The minimum Gasteiger partial charge on any atom is -0.480 e. The van der Waals surface area contributed by atoms with Gasteiger partial charge in [0.05, 0.1) is 0 Å². The van der Waals surface area contributed by atoms with E-state index in [9.17, 15) is 9.59 Å². The van der Waals surface area contributed by atoms with E-state index < -0.39 is 18.6 Å². The zero-order valence-electron chi connectivity index (χ0n) is 7.25. The highest BCUT2D eigenvalue weighted by molar-refractivity contribution is 5.91. The monoisotopic (exact) mass is 195 g/mol. The first kappa shape index (κ1) is 10.0. The fraction of sp³-hybridized carbons (Fsp3) is 0.111. The number of nitrogens with zero attached hydrogens (tertiary/aromatic N) is 1. The van der Waals surface area contributed by atoms with Crippen LogP contribution in [0.1, 0.15) is 0 Å². The van der Waals surface area contributed by atoms with Crippen molar-refractivity contribution in [2.45, 2.75) is 0 Å². The zero-order valence-corrected chi connectivity index (χ0v) is 7.25. The van der Waals surface area contributed by atoms with Gasteiger partial charge in [-0.2, -0.15) is 0 Å². The van der Waals surface area contributed by atoms with E-state index in [1.54, 1.807) is 18.2 Å². The van der Waals surface area contributed by atoms with Crippen LogP contribution in [0.15, 0.2) is 30.3 Å². The molecular formula is C9H9NO4. The first-order chi connectivity index (χ1) is 6.61. The van der Waals surface area contributed by atoms with E-state index in [4.69, 9.17) is 10.2 Å². The van der Waals surface area contributed by atoms with Crippen molar-refractivity contribution in [3.8, 4) is 0 Å². The van der Waals surface area contributed by atoms with Gasteiger partial charge < -0.3 is 10.2 Å². The Morgan fingerprint density at radius 3 is 2.14 bits per heavy atom. The van der Waals surface area contributed by atoms with E-state index in [1.807, 2.05) is 0 Å². The number of para-hydroxylation sites is 1. The van der Waals surface area contributed by atoms with Crippen molar-refractivity contribution in [2.75, 3.05) is 11.4 Å². The Labute approximate surface area is 80.2 Å². The Morgan fingerprint density at radius 2 is 1.71 bits per heavy atom. The molecule has 0 bridgehead atoms. The number of hydrogen-bond acceptors (Lipinski definition) is 2. The van der Waals surface area contributed by atoms with Gasteiger partial charge in [0.15, 0.2) is 0 Å². The molecule has 0 atom stereocenters. The van der Waals surface area contributed by atoms with E-state index in [-0.39, 0.29) is 0 Å². The number of carbonyl (C=O) groups is 2. The summed E-state index contributed by atoms with van der Waals surface area (Å²) in [5.74, 6) is -1.18. The molecule has 0 aliphatic carbocycles. The molecule has 0 heterocycles. The summed E-state index contributed by atoms with van der Waals surface area (Å²) in [7, 11) is 0. The molecule has 0 aliphatic heterocycles. The van der Waals surface area contributed by atoms with Crippen molar-refractivity contribution in [3.05, 3.63) is 30.3 Å². The van der Waals surface area contributed by atoms with Crippen LogP contribution in [0.25, 0.3) is 0 Å². The maximum atomic E-state index is 10.7. The van der Waals surface area contributed by atoms with E-state index in [1.165, 1.54) is 12.1 Å². The molecule has 0 saturated carbocycles. The molecule has 5 heteroatoms. The quantitative estimate of drug-likeness (QED) is 0.760. The van der Waals surface area contributed by atoms with E-state index in [2.05, 4.69) is 0 Å². The molecule has 0 unspecified atom stereocenters. The Morgan fingerprint density at radius 1 is 1.14 bits per heavy atom. The molecule has 1 rings (SSSR count). The van der Waals surface area contributed by atoms with E-state index in [0.29, 0.717) is 5.69 Å². The number of carboxylic acid groups (broad SMARTS) is 2. The molecule has 1 aromatic carbocycles. The topological polar surface area (TPSA) is 77.8 Å². The van der Waals surface area contributed by atoms with E-state index in [0.717, 1.165) is 4.90 Å². The van der Waals surface area contributed by atoms with Crippen molar-refractivity contribution in [3.63, 3.8) is 0 Å². The average Bonchev–Trinajstić information content (AvgIpc) is 2.15. The second-order valence-corrected chi connectivity index (χ2v) is 2.60. The zero-order chi connectivity index (χ0) is 10.6. The van der Waals surface area contributed by atoms with Crippen LogP contribution in [0.3, 0.4) is 0 Å². The van der Waals surface area contributed by atoms with Crippen LogP contribution >= 0.6 is 0 Å². The van der Waals surface area contributed by atoms with Gasteiger partial charge in [-0.25, -0.2) is 4.79 Å². The maximum Gasteiger partial charge on any atom is 0.412 e. The summed E-state index contributed by atoms with van der Waals surface area (Å²) in [6.07, 6.45) is -1.28. The molecule has 2 N–H and O–H groups in total. The molecule has 1 aromatic rings. The Hall–Kier alpha value is -2.04. The first-order valence-electron chi connectivity index (χ1n) is 3.88. The maximum absolute atomic E-state index is 10.7. The predicted molar refractivity (Wildman–Crippen MR) is 49.4 cm³/mol. The van der Waals surface area contributed by atoms with Gasteiger partial charge in [0, 0.05) is 5.69 Å². The third-order valence-electron chi connectivity index (χ3n) is 1.59. The van der Waals surface area contributed by atoms with Crippen LogP contribution in [0, 0.1) is 0 Å². The number of hydrogen-bond donors (Lipinski definition) is 2. The lowest BCUT2D eigenvalue weighted by molar-refractivity contribution is -0.135. The second-order valence-electron chi connectivity index (χ2n) is 2.60. The normalized spacial score (nSPS) is 9.43. The molecule has 1 amide bonds. The second kappa shape index (κ2) is 4.27. The summed E-state index contributed by atoms with van der Waals surface area (Å²) in [5, 5.41) is 17.2. The fourth-order valence-electron chi connectivity index (χ4n) is 1.01. The summed E-state index contributed by atoms with van der Waals surface area (Å²) in [6, 6.07) is 8.10. The van der Waals surface area contributed by atoms with Crippen LogP contribution < -0.4 is 4.90 Å². The summed E-state index contributed by atoms with van der Waals surface area (Å²) in [6.45, 7) is -0.556. The molecule has 5 nitrogen and oxygen atoms in total. The lowest BCUT2D eigenvalue weighted by Gasteiger charge is -2.16. The molecule has 0 aromatic heterocycles. The number of benzene rings is 1. The molecular weight excluding hydrogens is 186 g/mol. The minimum absolute atomic E-state index is 0.349. The largest absolute Gasteiger partial charge is 0.480 e.